The summed E-state index contributed by atoms with van der Waals surface area (Å²) in [5, 5.41) is 3.21. The average molecular weight is 249 g/mol. The smallest absolute Gasteiger partial charge is 0.245 e. The van der Waals surface area contributed by atoms with Gasteiger partial charge in [0.1, 0.15) is 6.04 Å². The molecule has 0 aromatic rings. The van der Waals surface area contributed by atoms with Crippen molar-refractivity contribution in [3.63, 3.8) is 0 Å². The van der Waals surface area contributed by atoms with Gasteiger partial charge in [0, 0.05) is 32.7 Å². The van der Waals surface area contributed by atoms with E-state index in [2.05, 4.69) is 11.2 Å². The monoisotopic (exact) mass is 249 g/mol. The first-order valence-corrected chi connectivity index (χ1v) is 6.46. The van der Waals surface area contributed by atoms with Crippen molar-refractivity contribution in [2.45, 2.75) is 25.3 Å². The Hall–Kier alpha value is -1.54. The first kappa shape index (κ1) is 12.9. The number of hydrogen-bond donors (Lipinski definition) is 1. The van der Waals surface area contributed by atoms with Gasteiger partial charge in [0.15, 0.2) is 0 Å². The Kier molecular flexibility index (Phi) is 4.21. The van der Waals surface area contributed by atoms with Gasteiger partial charge in [-0.25, -0.2) is 0 Å². The van der Waals surface area contributed by atoms with Crippen LogP contribution in [0, 0.1) is 12.3 Å². The molecule has 1 N–H and O–H groups in total. The van der Waals surface area contributed by atoms with E-state index in [1.807, 2.05) is 4.90 Å². The largest absolute Gasteiger partial charge is 0.338 e. The van der Waals surface area contributed by atoms with E-state index >= 15 is 0 Å². The number of rotatable bonds is 2. The number of hydrogen-bond acceptors (Lipinski definition) is 3. The molecule has 0 spiro atoms. The van der Waals surface area contributed by atoms with Gasteiger partial charge in [-0.15, -0.1) is 6.42 Å². The molecule has 0 saturated carbocycles. The van der Waals surface area contributed by atoms with Gasteiger partial charge in [-0.3, -0.25) is 9.59 Å². The normalized spacial score (nSPS) is 23.8. The minimum absolute atomic E-state index is 0.0828. The third-order valence-corrected chi connectivity index (χ3v) is 3.54. The molecule has 2 heterocycles. The molecule has 1 atom stereocenters. The van der Waals surface area contributed by atoms with Crippen LogP contribution in [0.3, 0.4) is 0 Å². The second-order valence-electron chi connectivity index (χ2n) is 4.70. The van der Waals surface area contributed by atoms with E-state index in [-0.39, 0.29) is 24.3 Å². The summed E-state index contributed by atoms with van der Waals surface area (Å²) >= 11 is 0. The molecule has 1 unspecified atom stereocenters. The Morgan fingerprint density at radius 2 is 2.00 bits per heavy atom. The number of carbonyl (C=O) groups is 2. The maximum Gasteiger partial charge on any atom is 0.245 e. The lowest BCUT2D eigenvalue weighted by Gasteiger charge is -2.32. The Bertz CT molecular complexity index is 369. The van der Waals surface area contributed by atoms with Gasteiger partial charge in [-0.1, -0.05) is 5.92 Å². The fraction of sp³-hybridized carbons (Fsp3) is 0.692. The molecule has 5 heteroatoms. The van der Waals surface area contributed by atoms with Crippen molar-refractivity contribution < 1.29 is 9.59 Å². The minimum Gasteiger partial charge on any atom is -0.338 e. The summed E-state index contributed by atoms with van der Waals surface area (Å²) < 4.78 is 0. The Balaban J connectivity index is 2.00. The number of carbonyl (C=O) groups excluding carboxylic acids is 2. The standard InChI is InChI=1S/C13H19N3O2/c1-2-4-12(17)16-8-3-5-11(16)13(18)15-9-6-14-7-10-15/h1,11,14H,3-10H2. The number of piperazine rings is 1. The van der Waals surface area contributed by atoms with E-state index in [1.165, 1.54) is 0 Å². The van der Waals surface area contributed by atoms with Crippen LogP contribution in [-0.2, 0) is 9.59 Å². The fourth-order valence-corrected chi connectivity index (χ4v) is 2.61. The van der Waals surface area contributed by atoms with Gasteiger partial charge >= 0.3 is 0 Å². The Morgan fingerprint density at radius 1 is 1.28 bits per heavy atom. The van der Waals surface area contributed by atoms with Crippen LogP contribution in [0.25, 0.3) is 0 Å². The van der Waals surface area contributed by atoms with Crippen molar-refractivity contribution in [1.29, 1.82) is 0 Å². The van der Waals surface area contributed by atoms with Crippen molar-refractivity contribution in [3.8, 4) is 12.3 Å². The first-order valence-electron chi connectivity index (χ1n) is 6.46. The zero-order valence-corrected chi connectivity index (χ0v) is 10.5. The second-order valence-corrected chi connectivity index (χ2v) is 4.70. The van der Waals surface area contributed by atoms with Gasteiger partial charge in [0.05, 0.1) is 6.42 Å². The van der Waals surface area contributed by atoms with E-state index in [4.69, 9.17) is 6.42 Å². The van der Waals surface area contributed by atoms with Gasteiger partial charge < -0.3 is 15.1 Å². The molecule has 2 rings (SSSR count). The summed E-state index contributed by atoms with van der Waals surface area (Å²) in [7, 11) is 0. The van der Waals surface area contributed by atoms with Crippen LogP contribution in [0.15, 0.2) is 0 Å². The quantitative estimate of drug-likeness (QED) is 0.667. The molecule has 18 heavy (non-hydrogen) atoms. The molecule has 0 aromatic carbocycles. The lowest BCUT2D eigenvalue weighted by atomic mass is 10.1. The summed E-state index contributed by atoms with van der Waals surface area (Å²) in [4.78, 5) is 27.7. The van der Waals surface area contributed by atoms with E-state index in [0.717, 1.165) is 39.0 Å². The lowest BCUT2D eigenvalue weighted by molar-refractivity contribution is -0.143. The average Bonchev–Trinajstić information content (AvgIpc) is 2.88. The first-order chi connectivity index (χ1) is 8.74. The van der Waals surface area contributed by atoms with Crippen LogP contribution < -0.4 is 5.32 Å². The van der Waals surface area contributed by atoms with Crippen molar-refractivity contribution in [2.24, 2.45) is 0 Å². The SMILES string of the molecule is C#CCC(=O)N1CCCC1C(=O)N1CCNCC1. The third kappa shape index (κ3) is 2.65. The van der Waals surface area contributed by atoms with Gasteiger partial charge in [-0.05, 0) is 12.8 Å². The number of likely N-dealkylation sites (tertiary alicyclic amines) is 1. The molecule has 0 aliphatic carbocycles. The van der Waals surface area contributed by atoms with E-state index < -0.39 is 0 Å². The Morgan fingerprint density at radius 3 is 2.67 bits per heavy atom. The van der Waals surface area contributed by atoms with Crippen molar-refractivity contribution in [1.82, 2.24) is 15.1 Å². The third-order valence-electron chi connectivity index (χ3n) is 3.54. The van der Waals surface area contributed by atoms with Crippen molar-refractivity contribution >= 4 is 11.8 Å². The molecule has 0 bridgehead atoms. The molecule has 2 aliphatic rings. The molecule has 2 saturated heterocycles. The fourth-order valence-electron chi connectivity index (χ4n) is 2.61. The van der Waals surface area contributed by atoms with E-state index in [1.54, 1.807) is 4.90 Å². The highest BCUT2D eigenvalue weighted by Gasteiger charge is 2.36. The Labute approximate surface area is 107 Å². The molecule has 2 fully saturated rings. The predicted molar refractivity (Wildman–Crippen MR) is 67.6 cm³/mol. The zero-order valence-electron chi connectivity index (χ0n) is 10.5. The van der Waals surface area contributed by atoms with Crippen LogP contribution in [0.5, 0.6) is 0 Å². The van der Waals surface area contributed by atoms with Crippen LogP contribution >= 0.6 is 0 Å². The maximum atomic E-state index is 12.4. The highest BCUT2D eigenvalue weighted by atomic mass is 16.2. The highest BCUT2D eigenvalue weighted by Crippen LogP contribution is 2.20. The summed E-state index contributed by atoms with van der Waals surface area (Å²) in [6.07, 6.45) is 6.90. The van der Waals surface area contributed by atoms with Crippen molar-refractivity contribution in [2.75, 3.05) is 32.7 Å². The summed E-state index contributed by atoms with van der Waals surface area (Å²) in [6.45, 7) is 3.77. The van der Waals surface area contributed by atoms with E-state index in [0.29, 0.717) is 6.54 Å². The number of nitrogens with one attached hydrogen (secondary N) is 1. The molecular formula is C13H19N3O2. The summed E-state index contributed by atoms with van der Waals surface area (Å²) in [6, 6.07) is -0.288. The molecule has 2 amide bonds. The number of terminal acetylenes is 1. The van der Waals surface area contributed by atoms with Crippen LogP contribution in [-0.4, -0.2) is 60.4 Å². The van der Waals surface area contributed by atoms with Crippen LogP contribution in [0.1, 0.15) is 19.3 Å². The van der Waals surface area contributed by atoms with Crippen LogP contribution in [0.4, 0.5) is 0 Å². The molecular weight excluding hydrogens is 230 g/mol. The lowest BCUT2D eigenvalue weighted by Crippen LogP contribution is -2.53. The van der Waals surface area contributed by atoms with Gasteiger partial charge in [-0.2, -0.15) is 0 Å². The number of nitrogens with zero attached hydrogens (tertiary/aromatic N) is 2. The molecule has 0 radical (unpaired) electrons. The highest BCUT2D eigenvalue weighted by molar-refractivity contribution is 5.89. The van der Waals surface area contributed by atoms with Gasteiger partial charge in [0.2, 0.25) is 11.8 Å². The molecule has 98 valence electrons. The van der Waals surface area contributed by atoms with Gasteiger partial charge in [0.25, 0.3) is 0 Å². The van der Waals surface area contributed by atoms with Crippen molar-refractivity contribution in [3.05, 3.63) is 0 Å². The summed E-state index contributed by atoms with van der Waals surface area (Å²) in [5.74, 6) is 2.35. The minimum atomic E-state index is -0.288. The van der Waals surface area contributed by atoms with E-state index in [9.17, 15) is 9.59 Å². The predicted octanol–water partition coefficient (Wildman–Crippen LogP) is -0.567. The maximum absolute atomic E-state index is 12.4. The second kappa shape index (κ2) is 5.87. The summed E-state index contributed by atoms with van der Waals surface area (Å²) in [5.41, 5.74) is 0. The molecule has 0 aromatic heterocycles. The topological polar surface area (TPSA) is 52.7 Å². The molecule has 5 nitrogen and oxygen atoms in total. The number of amides is 2. The van der Waals surface area contributed by atoms with Crippen LogP contribution in [0.2, 0.25) is 0 Å². The molecule has 2 aliphatic heterocycles. The zero-order chi connectivity index (χ0) is 13.0.